The van der Waals surface area contributed by atoms with E-state index in [9.17, 15) is 14.9 Å². The Kier molecular flexibility index (Phi) is 2.38. The molecule has 1 saturated carbocycles. The molecular formula is C11H11NO4. The number of carbonyl (C=O) groups excluding carboxylic acids is 1. The molecule has 84 valence electrons. The average Bonchev–Trinajstić information content (AvgIpc) is 2.99. The van der Waals surface area contributed by atoms with Gasteiger partial charge in [-0.25, -0.2) is 0 Å². The molecule has 1 aromatic carbocycles. The van der Waals surface area contributed by atoms with Gasteiger partial charge in [0, 0.05) is 17.2 Å². The second-order valence-electron chi connectivity index (χ2n) is 3.97. The summed E-state index contributed by atoms with van der Waals surface area (Å²) in [5, 5.41) is 10.8. The van der Waals surface area contributed by atoms with Gasteiger partial charge >= 0.3 is 0 Å². The van der Waals surface area contributed by atoms with Crippen molar-refractivity contribution < 1.29 is 14.5 Å². The van der Waals surface area contributed by atoms with Crippen molar-refractivity contribution in [2.75, 3.05) is 0 Å². The highest BCUT2D eigenvalue weighted by molar-refractivity contribution is 5.48. The molecule has 0 radical (unpaired) electrons. The second kappa shape index (κ2) is 3.59. The molecule has 0 amide bonds. The predicted molar refractivity (Wildman–Crippen MR) is 55.9 cm³/mol. The lowest BCUT2D eigenvalue weighted by molar-refractivity contribution is -0.385. The normalized spacial score (nSPS) is 16.6. The molecule has 0 heterocycles. The first kappa shape index (κ1) is 10.6. The third-order valence-corrected chi connectivity index (χ3v) is 2.91. The largest absolute Gasteiger partial charge is 0.456 e. The van der Waals surface area contributed by atoms with Crippen molar-refractivity contribution in [1.82, 2.24) is 0 Å². The monoisotopic (exact) mass is 221 g/mol. The van der Waals surface area contributed by atoms with Crippen LogP contribution in [0.15, 0.2) is 18.2 Å². The minimum Gasteiger partial charge on any atom is -0.456 e. The molecule has 2 rings (SSSR count). The van der Waals surface area contributed by atoms with E-state index in [1.807, 2.05) is 0 Å². The predicted octanol–water partition coefficient (Wildman–Crippen LogP) is 2.07. The van der Waals surface area contributed by atoms with Gasteiger partial charge in [-0.1, -0.05) is 12.1 Å². The van der Waals surface area contributed by atoms with Crippen molar-refractivity contribution in [3.05, 3.63) is 39.4 Å². The van der Waals surface area contributed by atoms with Crippen LogP contribution in [0.1, 0.15) is 24.0 Å². The van der Waals surface area contributed by atoms with E-state index < -0.39 is 10.5 Å². The highest BCUT2D eigenvalue weighted by atomic mass is 16.6. The molecule has 1 aromatic rings. The summed E-state index contributed by atoms with van der Waals surface area (Å²) in [6.45, 7) is 2.08. The average molecular weight is 221 g/mol. The maximum atomic E-state index is 10.8. The molecule has 16 heavy (non-hydrogen) atoms. The van der Waals surface area contributed by atoms with Gasteiger partial charge in [0.15, 0.2) is 0 Å². The van der Waals surface area contributed by atoms with Crippen LogP contribution in [0.25, 0.3) is 0 Å². The van der Waals surface area contributed by atoms with Gasteiger partial charge in [0.25, 0.3) is 12.2 Å². The van der Waals surface area contributed by atoms with Crippen LogP contribution < -0.4 is 0 Å². The maximum Gasteiger partial charge on any atom is 0.293 e. The van der Waals surface area contributed by atoms with Gasteiger partial charge in [-0.2, -0.15) is 0 Å². The van der Waals surface area contributed by atoms with E-state index in [4.69, 9.17) is 4.74 Å². The Labute approximate surface area is 92.2 Å². The zero-order valence-corrected chi connectivity index (χ0v) is 8.80. The van der Waals surface area contributed by atoms with Crippen molar-refractivity contribution >= 4 is 12.2 Å². The molecule has 0 spiro atoms. The molecule has 0 unspecified atom stereocenters. The fraction of sp³-hybridized carbons (Fsp3) is 0.364. The molecule has 0 aromatic heterocycles. The molecule has 0 saturated heterocycles. The fourth-order valence-electron chi connectivity index (χ4n) is 1.77. The Balaban J connectivity index is 2.40. The number of carbonyl (C=O) groups is 1. The molecular weight excluding hydrogens is 210 g/mol. The molecule has 1 fully saturated rings. The van der Waals surface area contributed by atoms with E-state index >= 15 is 0 Å². The van der Waals surface area contributed by atoms with E-state index in [-0.39, 0.29) is 5.69 Å². The van der Waals surface area contributed by atoms with Crippen molar-refractivity contribution in [1.29, 1.82) is 0 Å². The molecule has 0 N–H and O–H groups in total. The van der Waals surface area contributed by atoms with Crippen LogP contribution in [-0.2, 0) is 15.1 Å². The first-order valence-electron chi connectivity index (χ1n) is 4.96. The summed E-state index contributed by atoms with van der Waals surface area (Å²) in [7, 11) is 0. The minimum atomic E-state index is -0.611. The number of aryl methyl sites for hydroxylation is 1. The topological polar surface area (TPSA) is 69.4 Å². The van der Waals surface area contributed by atoms with Gasteiger partial charge in [0.05, 0.1) is 4.92 Å². The molecule has 1 aliphatic rings. The minimum absolute atomic E-state index is 0.0678. The highest BCUT2D eigenvalue weighted by Gasteiger charge is 2.47. The number of hydrogen-bond donors (Lipinski definition) is 0. The zero-order valence-electron chi connectivity index (χ0n) is 8.80. The van der Waals surface area contributed by atoms with Crippen molar-refractivity contribution in [3.8, 4) is 0 Å². The van der Waals surface area contributed by atoms with E-state index in [1.165, 1.54) is 6.07 Å². The lowest BCUT2D eigenvalue weighted by Crippen LogP contribution is -2.11. The van der Waals surface area contributed by atoms with Crippen LogP contribution in [0.5, 0.6) is 0 Å². The molecule has 0 aliphatic heterocycles. The van der Waals surface area contributed by atoms with Gasteiger partial charge in [0.2, 0.25) is 0 Å². The molecule has 0 atom stereocenters. The number of nitro benzene ring substituents is 1. The summed E-state index contributed by atoms with van der Waals surface area (Å²) in [6, 6.07) is 4.95. The number of ether oxygens (including phenoxy) is 1. The summed E-state index contributed by atoms with van der Waals surface area (Å²) in [4.78, 5) is 20.7. The van der Waals surface area contributed by atoms with Gasteiger partial charge < -0.3 is 4.74 Å². The summed E-state index contributed by atoms with van der Waals surface area (Å²) in [5.41, 5.74) is 0.769. The second-order valence-corrected chi connectivity index (χ2v) is 3.97. The van der Waals surface area contributed by atoms with E-state index in [1.54, 1.807) is 19.1 Å². The standard InChI is InChI=1S/C11H11NO4/c1-8-2-3-9(6-10(8)12(14)15)11(4-5-11)16-7-13/h2-3,6-7H,4-5H2,1H3. The van der Waals surface area contributed by atoms with Crippen LogP contribution in [0, 0.1) is 17.0 Å². The third-order valence-electron chi connectivity index (χ3n) is 2.91. The number of rotatable bonds is 4. The zero-order chi connectivity index (χ0) is 11.8. The van der Waals surface area contributed by atoms with Crippen LogP contribution >= 0.6 is 0 Å². The first-order valence-corrected chi connectivity index (χ1v) is 4.96. The summed E-state index contributed by atoms with van der Waals surface area (Å²) < 4.78 is 5.00. The lowest BCUT2D eigenvalue weighted by Gasteiger charge is -2.13. The van der Waals surface area contributed by atoms with Gasteiger partial charge in [-0.05, 0) is 19.8 Å². The first-order chi connectivity index (χ1) is 7.59. The van der Waals surface area contributed by atoms with Crippen LogP contribution in [0.3, 0.4) is 0 Å². The molecule has 1 aliphatic carbocycles. The van der Waals surface area contributed by atoms with E-state index in [2.05, 4.69) is 0 Å². The molecule has 5 nitrogen and oxygen atoms in total. The Morgan fingerprint density at radius 3 is 2.69 bits per heavy atom. The number of nitrogens with zero attached hydrogens (tertiary/aromatic N) is 1. The van der Waals surface area contributed by atoms with Gasteiger partial charge in [-0.15, -0.1) is 0 Å². The molecule has 0 bridgehead atoms. The Bertz CT molecular complexity index is 451. The summed E-state index contributed by atoms with van der Waals surface area (Å²) in [5.74, 6) is 0. The SMILES string of the molecule is Cc1ccc(C2(OC=O)CC2)cc1[N+](=O)[O-]. The number of nitro groups is 1. The van der Waals surface area contributed by atoms with Crippen LogP contribution in [0.4, 0.5) is 5.69 Å². The Hall–Kier alpha value is -1.91. The van der Waals surface area contributed by atoms with Crippen LogP contribution in [-0.4, -0.2) is 11.4 Å². The number of hydrogen-bond acceptors (Lipinski definition) is 4. The van der Waals surface area contributed by atoms with E-state index in [0.29, 0.717) is 17.6 Å². The quantitative estimate of drug-likeness (QED) is 0.443. The lowest BCUT2D eigenvalue weighted by atomic mass is 10.0. The summed E-state index contributed by atoms with van der Waals surface area (Å²) >= 11 is 0. The Morgan fingerprint density at radius 2 is 2.19 bits per heavy atom. The van der Waals surface area contributed by atoms with Gasteiger partial charge in [-0.3, -0.25) is 14.9 Å². The van der Waals surface area contributed by atoms with Crippen molar-refractivity contribution in [3.63, 3.8) is 0 Å². The van der Waals surface area contributed by atoms with Gasteiger partial charge in [0.1, 0.15) is 5.60 Å². The number of benzene rings is 1. The fourth-order valence-corrected chi connectivity index (χ4v) is 1.77. The van der Waals surface area contributed by atoms with Crippen molar-refractivity contribution in [2.24, 2.45) is 0 Å². The van der Waals surface area contributed by atoms with Crippen molar-refractivity contribution in [2.45, 2.75) is 25.4 Å². The van der Waals surface area contributed by atoms with Crippen LogP contribution in [0.2, 0.25) is 0 Å². The Morgan fingerprint density at radius 1 is 1.50 bits per heavy atom. The maximum absolute atomic E-state index is 10.8. The third kappa shape index (κ3) is 1.64. The summed E-state index contributed by atoms with van der Waals surface area (Å²) in [6.07, 6.45) is 1.46. The highest BCUT2D eigenvalue weighted by Crippen LogP contribution is 2.49. The van der Waals surface area contributed by atoms with E-state index in [0.717, 1.165) is 12.8 Å². The smallest absolute Gasteiger partial charge is 0.293 e. The molecule has 5 heteroatoms.